The van der Waals surface area contributed by atoms with E-state index in [0.717, 1.165) is 16.6 Å². The maximum Gasteiger partial charge on any atom is 0.276 e. The minimum Gasteiger partial charge on any atom is -0.348 e. The average molecular weight is 443 g/mol. The molecule has 0 atom stereocenters. The van der Waals surface area contributed by atoms with Crippen molar-refractivity contribution in [2.75, 3.05) is 0 Å². The fourth-order valence-electron chi connectivity index (χ4n) is 3.86. The number of amides is 1. The molecule has 0 spiro atoms. The Bertz CT molecular complexity index is 1520. The van der Waals surface area contributed by atoms with E-state index in [1.807, 2.05) is 59.1 Å². The maximum atomic E-state index is 13.1. The molecule has 5 rings (SSSR count). The van der Waals surface area contributed by atoms with Gasteiger partial charge >= 0.3 is 0 Å². The second-order valence-electron chi connectivity index (χ2n) is 7.51. The van der Waals surface area contributed by atoms with Crippen LogP contribution in [-0.2, 0) is 13.1 Å². The van der Waals surface area contributed by atoms with Crippen LogP contribution in [0.4, 0.5) is 0 Å². The molecule has 0 radical (unpaired) electrons. The van der Waals surface area contributed by atoms with Gasteiger partial charge in [-0.25, -0.2) is 4.98 Å². The van der Waals surface area contributed by atoms with Crippen molar-refractivity contribution in [3.05, 3.63) is 117 Å². The Morgan fingerprint density at radius 2 is 1.75 bits per heavy atom. The zero-order valence-corrected chi connectivity index (χ0v) is 17.8. The molecule has 6 nitrogen and oxygen atoms in total. The van der Waals surface area contributed by atoms with E-state index in [-0.39, 0.29) is 11.5 Å². The number of carbonyl (C=O) groups excluding carboxylic acids is 1. The number of rotatable bonds is 5. The van der Waals surface area contributed by atoms with Crippen LogP contribution < -0.4 is 10.9 Å². The van der Waals surface area contributed by atoms with Crippen LogP contribution in [0.3, 0.4) is 0 Å². The molecule has 5 aromatic rings. The van der Waals surface area contributed by atoms with Crippen molar-refractivity contribution >= 4 is 34.2 Å². The van der Waals surface area contributed by atoms with Gasteiger partial charge in [-0.05, 0) is 59.7 Å². The summed E-state index contributed by atoms with van der Waals surface area (Å²) in [5.41, 5.74) is 4.19. The van der Waals surface area contributed by atoms with Crippen LogP contribution in [0.25, 0.3) is 16.7 Å². The van der Waals surface area contributed by atoms with E-state index in [4.69, 9.17) is 11.6 Å². The first-order valence-electron chi connectivity index (χ1n) is 10.2. The second-order valence-corrected chi connectivity index (χ2v) is 7.95. The molecule has 7 heteroatoms. The highest BCUT2D eigenvalue weighted by atomic mass is 35.5. The zero-order valence-electron chi connectivity index (χ0n) is 17.0. The standard InChI is InChI=1S/C25H19ClN4O2/c26-20-8-2-5-17(14-20)15-28-24(31)19-7-1-6-18(13-19)16-30-23-21(9-3-11-27-23)29-12-4-10-22(29)25(30)32/h1-14H,15-16H2,(H,28,31). The Morgan fingerprint density at radius 1 is 0.938 bits per heavy atom. The minimum atomic E-state index is -0.191. The molecule has 3 heterocycles. The molecule has 0 saturated carbocycles. The van der Waals surface area contributed by atoms with Gasteiger partial charge < -0.3 is 9.72 Å². The van der Waals surface area contributed by atoms with Crippen LogP contribution >= 0.6 is 11.6 Å². The van der Waals surface area contributed by atoms with Crippen molar-refractivity contribution < 1.29 is 4.79 Å². The van der Waals surface area contributed by atoms with E-state index in [2.05, 4.69) is 10.3 Å². The van der Waals surface area contributed by atoms with E-state index >= 15 is 0 Å². The number of hydrogen-bond acceptors (Lipinski definition) is 3. The normalized spacial score (nSPS) is 11.2. The van der Waals surface area contributed by atoms with Gasteiger partial charge in [0.1, 0.15) is 5.52 Å². The summed E-state index contributed by atoms with van der Waals surface area (Å²) in [5, 5.41) is 3.54. The largest absolute Gasteiger partial charge is 0.348 e. The van der Waals surface area contributed by atoms with Crippen LogP contribution in [0.1, 0.15) is 21.5 Å². The first-order valence-corrected chi connectivity index (χ1v) is 10.5. The molecular weight excluding hydrogens is 424 g/mol. The maximum absolute atomic E-state index is 13.1. The number of hydrogen-bond donors (Lipinski definition) is 1. The quantitative estimate of drug-likeness (QED) is 0.441. The highest BCUT2D eigenvalue weighted by Gasteiger charge is 2.13. The summed E-state index contributed by atoms with van der Waals surface area (Å²) >= 11 is 6.01. The molecule has 0 saturated heterocycles. The monoisotopic (exact) mass is 442 g/mol. The third-order valence-corrected chi connectivity index (χ3v) is 5.60. The summed E-state index contributed by atoms with van der Waals surface area (Å²) in [7, 11) is 0. The average Bonchev–Trinajstić information content (AvgIpc) is 3.31. The SMILES string of the molecule is O=C(NCc1cccc(Cl)c1)c1cccc(Cn2c(=O)c3cccn3c3cccnc32)c1. The van der Waals surface area contributed by atoms with Gasteiger partial charge in [-0.2, -0.15) is 0 Å². The molecule has 3 aromatic heterocycles. The third-order valence-electron chi connectivity index (χ3n) is 5.37. The van der Waals surface area contributed by atoms with Crippen LogP contribution in [0.5, 0.6) is 0 Å². The Balaban J connectivity index is 1.44. The number of benzene rings is 2. The van der Waals surface area contributed by atoms with Gasteiger partial charge in [0, 0.05) is 29.5 Å². The summed E-state index contributed by atoms with van der Waals surface area (Å²) in [6, 6.07) is 22.1. The van der Waals surface area contributed by atoms with E-state index in [0.29, 0.717) is 34.8 Å². The molecule has 1 amide bonds. The van der Waals surface area contributed by atoms with E-state index in [1.54, 1.807) is 35.0 Å². The highest BCUT2D eigenvalue weighted by molar-refractivity contribution is 6.30. The smallest absolute Gasteiger partial charge is 0.276 e. The summed E-state index contributed by atoms with van der Waals surface area (Å²) < 4.78 is 3.49. The van der Waals surface area contributed by atoms with Crippen molar-refractivity contribution in [1.82, 2.24) is 19.3 Å². The third kappa shape index (κ3) is 3.76. The predicted molar refractivity (Wildman–Crippen MR) is 125 cm³/mol. The summed E-state index contributed by atoms with van der Waals surface area (Å²) in [5.74, 6) is -0.191. The van der Waals surface area contributed by atoms with Gasteiger partial charge in [-0.1, -0.05) is 35.9 Å². The zero-order chi connectivity index (χ0) is 22.1. The summed E-state index contributed by atoms with van der Waals surface area (Å²) in [4.78, 5) is 30.3. The number of nitrogens with one attached hydrogen (secondary N) is 1. The lowest BCUT2D eigenvalue weighted by atomic mass is 10.1. The number of nitrogens with zero attached hydrogens (tertiary/aromatic N) is 3. The number of pyridine rings is 1. The number of fused-ring (bicyclic) bond motifs is 3. The van der Waals surface area contributed by atoms with E-state index in [1.165, 1.54) is 0 Å². The van der Waals surface area contributed by atoms with Gasteiger partial charge in [0.25, 0.3) is 11.5 Å². The van der Waals surface area contributed by atoms with Crippen LogP contribution in [-0.4, -0.2) is 19.9 Å². The molecule has 0 unspecified atom stereocenters. The fraction of sp³-hybridized carbons (Fsp3) is 0.0800. The van der Waals surface area contributed by atoms with Gasteiger partial charge in [-0.3, -0.25) is 14.2 Å². The minimum absolute atomic E-state index is 0.128. The lowest BCUT2D eigenvalue weighted by Crippen LogP contribution is -2.25. The van der Waals surface area contributed by atoms with Crippen LogP contribution in [0.2, 0.25) is 5.02 Å². The molecule has 2 aromatic carbocycles. The molecule has 0 bridgehead atoms. The molecule has 0 aliphatic carbocycles. The number of carbonyl (C=O) groups is 1. The van der Waals surface area contributed by atoms with Crippen molar-refractivity contribution in [2.24, 2.45) is 0 Å². The van der Waals surface area contributed by atoms with Gasteiger partial charge in [0.2, 0.25) is 0 Å². The van der Waals surface area contributed by atoms with Crippen molar-refractivity contribution in [3.8, 4) is 0 Å². The first kappa shape index (κ1) is 20.0. The second kappa shape index (κ2) is 8.32. The van der Waals surface area contributed by atoms with Gasteiger partial charge in [-0.15, -0.1) is 0 Å². The molecule has 158 valence electrons. The first-order chi connectivity index (χ1) is 15.6. The van der Waals surface area contributed by atoms with Crippen LogP contribution in [0.15, 0.2) is 90.0 Å². The molecule has 0 fully saturated rings. The summed E-state index contributed by atoms with van der Waals surface area (Å²) in [6.07, 6.45) is 3.53. The summed E-state index contributed by atoms with van der Waals surface area (Å²) in [6.45, 7) is 0.686. The van der Waals surface area contributed by atoms with Gasteiger partial charge in [0.15, 0.2) is 5.65 Å². The Labute approximate surface area is 188 Å². The highest BCUT2D eigenvalue weighted by Crippen LogP contribution is 2.15. The molecule has 1 N–H and O–H groups in total. The predicted octanol–water partition coefficient (Wildman–Crippen LogP) is 4.28. The Morgan fingerprint density at radius 3 is 2.62 bits per heavy atom. The Kier molecular flexibility index (Phi) is 5.21. The van der Waals surface area contributed by atoms with E-state index in [9.17, 15) is 9.59 Å². The molecule has 0 aliphatic rings. The molecular formula is C25H19ClN4O2. The lowest BCUT2D eigenvalue weighted by Gasteiger charge is -2.12. The fourth-order valence-corrected chi connectivity index (χ4v) is 4.07. The van der Waals surface area contributed by atoms with Crippen molar-refractivity contribution in [1.29, 1.82) is 0 Å². The molecule has 0 aliphatic heterocycles. The van der Waals surface area contributed by atoms with Crippen LogP contribution in [0, 0.1) is 0 Å². The van der Waals surface area contributed by atoms with Gasteiger partial charge in [0.05, 0.1) is 12.1 Å². The van der Waals surface area contributed by atoms with Crippen molar-refractivity contribution in [3.63, 3.8) is 0 Å². The van der Waals surface area contributed by atoms with E-state index < -0.39 is 0 Å². The topological polar surface area (TPSA) is 68.4 Å². The number of aromatic nitrogens is 3. The Hall–Kier alpha value is -3.90. The number of halogens is 1. The van der Waals surface area contributed by atoms with Crippen molar-refractivity contribution in [2.45, 2.75) is 13.1 Å². The molecule has 32 heavy (non-hydrogen) atoms. The lowest BCUT2D eigenvalue weighted by molar-refractivity contribution is 0.0951.